The average Bonchev–Trinajstić information content (AvgIpc) is 2.60. The smallest absolute Gasteiger partial charge is 0.152 e. The molecule has 0 aliphatic heterocycles. The van der Waals surface area contributed by atoms with Crippen molar-refractivity contribution in [2.45, 2.75) is 75.2 Å². The Morgan fingerprint density at radius 3 is 1.14 bits per heavy atom. The van der Waals surface area contributed by atoms with Gasteiger partial charge in [-0.15, -0.1) is 0 Å². The van der Waals surface area contributed by atoms with Crippen LogP contribution in [0.2, 0.25) is 0 Å². The Labute approximate surface area is 180 Å². The van der Waals surface area contributed by atoms with Crippen LogP contribution in [0.4, 0.5) is 0 Å². The highest BCUT2D eigenvalue weighted by molar-refractivity contribution is 6.24. The quantitative estimate of drug-likeness (QED) is 0.235. The van der Waals surface area contributed by atoms with Crippen LogP contribution in [0.15, 0.2) is 70.9 Å². The second kappa shape index (κ2) is 8.55. The van der Waals surface area contributed by atoms with E-state index in [1.807, 2.05) is 50.2 Å². The fourth-order valence-corrected chi connectivity index (χ4v) is 4.62. The van der Waals surface area contributed by atoms with Gasteiger partial charge in [0.2, 0.25) is 0 Å². The molecule has 2 atom stereocenters. The zero-order valence-electron chi connectivity index (χ0n) is 17.8. The number of hydrogen-bond acceptors (Lipinski definition) is 2. The van der Waals surface area contributed by atoms with Crippen molar-refractivity contribution in [2.75, 3.05) is 0 Å². The number of nitrogens with zero attached hydrogens (tertiary/aromatic N) is 2. The standard InChI is InChI=1S/C24H32Cl2N2/c1-21(2,19-13-9-7-10-14-19)17-23(5,25)27-28-24(6,26)18-22(3,4)20-15-11-8-12-16-20/h7-16H,17-18H2,1-6H3/b28-27+/t23-,24+. The number of azo groups is 1. The van der Waals surface area contributed by atoms with Gasteiger partial charge in [-0.1, -0.05) is 112 Å². The van der Waals surface area contributed by atoms with Gasteiger partial charge in [0.05, 0.1) is 0 Å². The van der Waals surface area contributed by atoms with Crippen LogP contribution in [-0.2, 0) is 10.8 Å². The lowest BCUT2D eigenvalue weighted by Crippen LogP contribution is -2.30. The maximum absolute atomic E-state index is 6.75. The third kappa shape index (κ3) is 6.60. The molecule has 0 fully saturated rings. The summed E-state index contributed by atoms with van der Waals surface area (Å²) in [5, 5.41) is 8.95. The summed E-state index contributed by atoms with van der Waals surface area (Å²) < 4.78 is 0. The predicted octanol–water partition coefficient (Wildman–Crippen LogP) is 8.08. The van der Waals surface area contributed by atoms with E-state index >= 15 is 0 Å². The number of halogens is 2. The van der Waals surface area contributed by atoms with Gasteiger partial charge in [0.1, 0.15) is 0 Å². The first-order valence-electron chi connectivity index (χ1n) is 9.76. The summed E-state index contributed by atoms with van der Waals surface area (Å²) in [7, 11) is 0. The van der Waals surface area contributed by atoms with Crippen LogP contribution in [0.1, 0.15) is 65.5 Å². The molecule has 2 aromatic carbocycles. The Bertz CT molecular complexity index is 711. The molecule has 0 amide bonds. The highest BCUT2D eigenvalue weighted by Crippen LogP contribution is 2.40. The van der Waals surface area contributed by atoms with Crippen molar-refractivity contribution < 1.29 is 0 Å². The summed E-state index contributed by atoms with van der Waals surface area (Å²) >= 11 is 13.5. The average molecular weight is 419 g/mol. The Morgan fingerprint density at radius 2 is 0.857 bits per heavy atom. The van der Waals surface area contributed by atoms with Crippen LogP contribution in [-0.4, -0.2) is 10.00 Å². The molecule has 2 rings (SSSR count). The van der Waals surface area contributed by atoms with E-state index in [-0.39, 0.29) is 10.8 Å². The normalized spacial score (nSPS) is 17.3. The first-order chi connectivity index (χ1) is 12.8. The fraction of sp³-hybridized carbons (Fsp3) is 0.500. The van der Waals surface area contributed by atoms with Crippen molar-refractivity contribution in [3.05, 3.63) is 71.8 Å². The largest absolute Gasteiger partial charge is 0.170 e. The first kappa shape index (κ1) is 22.9. The molecule has 28 heavy (non-hydrogen) atoms. The molecule has 0 saturated carbocycles. The Balaban J connectivity index is 2.11. The van der Waals surface area contributed by atoms with Gasteiger partial charge in [-0.05, 0) is 48.6 Å². The second-order valence-electron chi connectivity index (χ2n) is 9.34. The predicted molar refractivity (Wildman–Crippen MR) is 122 cm³/mol. The molecular formula is C24H32Cl2N2. The third-order valence-electron chi connectivity index (χ3n) is 5.11. The minimum atomic E-state index is -0.827. The van der Waals surface area contributed by atoms with Gasteiger partial charge in [-0.25, -0.2) is 0 Å². The number of alkyl halides is 2. The molecule has 0 heterocycles. The molecule has 2 nitrogen and oxygen atoms in total. The molecule has 0 saturated heterocycles. The van der Waals surface area contributed by atoms with Crippen LogP contribution in [0.3, 0.4) is 0 Å². The molecule has 4 heteroatoms. The molecule has 0 aliphatic carbocycles. The molecule has 152 valence electrons. The number of rotatable bonds is 8. The lowest BCUT2D eigenvalue weighted by Gasteiger charge is -2.33. The van der Waals surface area contributed by atoms with Gasteiger partial charge in [-0.2, -0.15) is 10.2 Å². The van der Waals surface area contributed by atoms with E-state index < -0.39 is 10.00 Å². The summed E-state index contributed by atoms with van der Waals surface area (Å²) in [4.78, 5) is -1.65. The summed E-state index contributed by atoms with van der Waals surface area (Å²) in [5.74, 6) is 0. The second-order valence-corrected chi connectivity index (χ2v) is 11.0. The minimum absolute atomic E-state index is 0.122. The van der Waals surface area contributed by atoms with Gasteiger partial charge < -0.3 is 0 Å². The van der Waals surface area contributed by atoms with E-state index in [0.717, 1.165) is 0 Å². The maximum Gasteiger partial charge on any atom is 0.152 e. The number of benzene rings is 2. The van der Waals surface area contributed by atoms with Crippen LogP contribution < -0.4 is 0 Å². The van der Waals surface area contributed by atoms with E-state index in [1.165, 1.54) is 11.1 Å². The van der Waals surface area contributed by atoms with Gasteiger partial charge in [0.25, 0.3) is 0 Å². The van der Waals surface area contributed by atoms with Crippen LogP contribution in [0, 0.1) is 0 Å². The van der Waals surface area contributed by atoms with E-state index in [9.17, 15) is 0 Å². The van der Waals surface area contributed by atoms with E-state index in [1.54, 1.807) is 0 Å². The highest BCUT2D eigenvalue weighted by atomic mass is 35.5. The molecule has 0 aliphatic rings. The van der Waals surface area contributed by atoms with E-state index in [4.69, 9.17) is 23.2 Å². The van der Waals surface area contributed by atoms with Gasteiger partial charge >= 0.3 is 0 Å². The molecule has 2 aromatic rings. The van der Waals surface area contributed by atoms with Gasteiger partial charge in [-0.3, -0.25) is 0 Å². The topological polar surface area (TPSA) is 24.7 Å². The first-order valence-corrected chi connectivity index (χ1v) is 10.5. The van der Waals surface area contributed by atoms with Crippen LogP contribution in [0.25, 0.3) is 0 Å². The van der Waals surface area contributed by atoms with Crippen molar-refractivity contribution in [1.29, 1.82) is 0 Å². The summed E-state index contributed by atoms with van der Waals surface area (Å²) in [5.41, 5.74) is 2.22. The molecule has 0 bridgehead atoms. The lowest BCUT2D eigenvalue weighted by molar-refractivity contribution is 0.367. The molecule has 0 spiro atoms. The Morgan fingerprint density at radius 1 is 0.571 bits per heavy atom. The lowest BCUT2D eigenvalue weighted by atomic mass is 9.79. The van der Waals surface area contributed by atoms with E-state index in [2.05, 4.69) is 62.2 Å². The maximum atomic E-state index is 6.75. The summed E-state index contributed by atoms with van der Waals surface area (Å²) in [6.45, 7) is 12.5. The molecule has 0 aromatic heterocycles. The number of hydrogen-bond donors (Lipinski definition) is 0. The Hall–Kier alpha value is -1.38. The molecule has 0 radical (unpaired) electrons. The fourth-order valence-electron chi connectivity index (χ4n) is 3.88. The Kier molecular flexibility index (Phi) is 6.99. The molecule has 0 N–H and O–H groups in total. The van der Waals surface area contributed by atoms with Crippen molar-refractivity contribution in [1.82, 2.24) is 0 Å². The minimum Gasteiger partial charge on any atom is -0.170 e. The van der Waals surface area contributed by atoms with Crippen molar-refractivity contribution in [3.63, 3.8) is 0 Å². The highest BCUT2D eigenvalue weighted by Gasteiger charge is 2.35. The molecular weight excluding hydrogens is 387 g/mol. The van der Waals surface area contributed by atoms with Gasteiger partial charge in [0, 0.05) is 0 Å². The van der Waals surface area contributed by atoms with Crippen LogP contribution in [0.5, 0.6) is 0 Å². The van der Waals surface area contributed by atoms with Crippen molar-refractivity contribution in [3.8, 4) is 0 Å². The van der Waals surface area contributed by atoms with Gasteiger partial charge in [0.15, 0.2) is 10.00 Å². The third-order valence-corrected chi connectivity index (χ3v) is 5.53. The zero-order valence-corrected chi connectivity index (χ0v) is 19.3. The summed E-state index contributed by atoms with van der Waals surface area (Å²) in [6, 6.07) is 20.7. The van der Waals surface area contributed by atoms with Crippen molar-refractivity contribution in [2.24, 2.45) is 10.2 Å². The summed E-state index contributed by atoms with van der Waals surface area (Å²) in [6.07, 6.45) is 1.31. The van der Waals surface area contributed by atoms with Crippen LogP contribution >= 0.6 is 23.2 Å². The van der Waals surface area contributed by atoms with Crippen molar-refractivity contribution >= 4 is 23.2 Å². The monoisotopic (exact) mass is 418 g/mol. The van der Waals surface area contributed by atoms with E-state index in [0.29, 0.717) is 12.8 Å². The SMILES string of the molecule is CC(C)(C[C@](C)(Cl)/N=N/[C@](C)(Cl)CC(C)(C)c1ccccc1)c1ccccc1. The molecule has 0 unspecified atom stereocenters. The zero-order chi connectivity index (χ0) is 21.1.